The maximum absolute atomic E-state index is 12.5. The van der Waals surface area contributed by atoms with Gasteiger partial charge in [-0.2, -0.15) is 0 Å². The SMILES string of the molecule is C[C@@H]1CN(C)CCN1C(=O)CCc1ccc(-c2ccccc2)[nH]1. The molecule has 1 aliphatic heterocycles. The number of carbonyl (C=O) groups is 1. The van der Waals surface area contributed by atoms with Gasteiger partial charge in [0.1, 0.15) is 0 Å². The minimum Gasteiger partial charge on any atom is -0.358 e. The van der Waals surface area contributed by atoms with E-state index in [4.69, 9.17) is 0 Å². The fourth-order valence-corrected chi connectivity index (χ4v) is 3.27. The second-order valence-electron chi connectivity index (χ2n) is 6.46. The number of aryl methyl sites for hydroxylation is 1. The first-order valence-electron chi connectivity index (χ1n) is 8.35. The molecule has 3 rings (SSSR count). The maximum Gasteiger partial charge on any atom is 0.223 e. The topological polar surface area (TPSA) is 39.3 Å². The minimum absolute atomic E-state index is 0.265. The van der Waals surface area contributed by atoms with Gasteiger partial charge in [0.25, 0.3) is 0 Å². The number of carbonyl (C=O) groups excluding carboxylic acids is 1. The number of aromatic amines is 1. The largest absolute Gasteiger partial charge is 0.358 e. The van der Waals surface area contributed by atoms with Crippen LogP contribution in [0.1, 0.15) is 19.0 Å². The minimum atomic E-state index is 0.265. The number of aromatic nitrogens is 1. The second-order valence-corrected chi connectivity index (χ2v) is 6.46. The summed E-state index contributed by atoms with van der Waals surface area (Å²) in [5.74, 6) is 0.265. The summed E-state index contributed by atoms with van der Waals surface area (Å²) in [6, 6.07) is 14.8. The van der Waals surface area contributed by atoms with Crippen molar-refractivity contribution in [3.8, 4) is 11.3 Å². The lowest BCUT2D eigenvalue weighted by molar-refractivity contribution is -0.135. The highest BCUT2D eigenvalue weighted by atomic mass is 16.2. The van der Waals surface area contributed by atoms with Crippen molar-refractivity contribution >= 4 is 5.91 Å². The lowest BCUT2D eigenvalue weighted by Crippen LogP contribution is -2.52. The smallest absolute Gasteiger partial charge is 0.223 e. The highest BCUT2D eigenvalue weighted by molar-refractivity contribution is 5.77. The molecule has 2 heterocycles. The van der Waals surface area contributed by atoms with Crippen LogP contribution in [0.3, 0.4) is 0 Å². The molecule has 1 aliphatic rings. The van der Waals surface area contributed by atoms with Crippen LogP contribution < -0.4 is 0 Å². The maximum atomic E-state index is 12.5. The number of hydrogen-bond acceptors (Lipinski definition) is 2. The third kappa shape index (κ3) is 3.82. The van der Waals surface area contributed by atoms with Crippen LogP contribution in [-0.4, -0.2) is 53.4 Å². The predicted octanol–water partition coefficient (Wildman–Crippen LogP) is 2.78. The molecule has 2 aromatic rings. The Morgan fingerprint density at radius 2 is 1.96 bits per heavy atom. The molecule has 0 aliphatic carbocycles. The van der Waals surface area contributed by atoms with E-state index < -0.39 is 0 Å². The van der Waals surface area contributed by atoms with Crippen molar-refractivity contribution in [1.29, 1.82) is 0 Å². The average molecular weight is 311 g/mol. The number of benzene rings is 1. The van der Waals surface area contributed by atoms with Crippen LogP contribution in [-0.2, 0) is 11.2 Å². The van der Waals surface area contributed by atoms with Crippen molar-refractivity contribution in [3.05, 3.63) is 48.2 Å². The molecule has 1 atom stereocenters. The number of nitrogens with one attached hydrogen (secondary N) is 1. The second kappa shape index (κ2) is 7.01. The summed E-state index contributed by atoms with van der Waals surface area (Å²) in [6.45, 7) is 4.91. The number of hydrogen-bond donors (Lipinski definition) is 1. The van der Waals surface area contributed by atoms with Gasteiger partial charge in [-0.1, -0.05) is 30.3 Å². The highest BCUT2D eigenvalue weighted by Gasteiger charge is 2.25. The molecule has 0 radical (unpaired) electrons. The molecule has 0 bridgehead atoms. The zero-order valence-corrected chi connectivity index (χ0v) is 14.0. The summed E-state index contributed by atoms with van der Waals surface area (Å²) in [5.41, 5.74) is 3.41. The lowest BCUT2D eigenvalue weighted by atomic mass is 10.1. The number of likely N-dealkylation sites (N-methyl/N-ethyl adjacent to an activating group) is 1. The van der Waals surface area contributed by atoms with Gasteiger partial charge < -0.3 is 14.8 Å². The summed E-state index contributed by atoms with van der Waals surface area (Å²) in [5, 5.41) is 0. The van der Waals surface area contributed by atoms with Gasteiger partial charge in [0.2, 0.25) is 5.91 Å². The Morgan fingerprint density at radius 1 is 1.17 bits per heavy atom. The Balaban J connectivity index is 1.56. The van der Waals surface area contributed by atoms with Crippen LogP contribution in [0, 0.1) is 0 Å². The van der Waals surface area contributed by atoms with E-state index in [1.807, 2.05) is 23.1 Å². The first kappa shape index (κ1) is 15.8. The van der Waals surface area contributed by atoms with E-state index in [0.717, 1.165) is 37.4 Å². The number of amides is 1. The molecule has 1 aromatic heterocycles. The number of H-pyrrole nitrogens is 1. The standard InChI is InChI=1S/C19H25N3O/c1-15-14-21(2)12-13-22(15)19(23)11-9-17-8-10-18(20-17)16-6-4-3-5-7-16/h3-8,10,15,20H,9,11-14H2,1-2H3/t15-/m1/s1. The van der Waals surface area contributed by atoms with Crippen molar-refractivity contribution < 1.29 is 4.79 Å². The predicted molar refractivity (Wildman–Crippen MR) is 93.2 cm³/mol. The number of piperazine rings is 1. The van der Waals surface area contributed by atoms with E-state index >= 15 is 0 Å². The fourth-order valence-electron chi connectivity index (χ4n) is 3.27. The Bertz CT molecular complexity index is 650. The molecule has 122 valence electrons. The van der Waals surface area contributed by atoms with Gasteiger partial charge >= 0.3 is 0 Å². The molecule has 1 N–H and O–H groups in total. The lowest BCUT2D eigenvalue weighted by Gasteiger charge is -2.38. The van der Waals surface area contributed by atoms with Crippen LogP contribution in [0.25, 0.3) is 11.3 Å². The van der Waals surface area contributed by atoms with Crippen LogP contribution in [0.5, 0.6) is 0 Å². The van der Waals surface area contributed by atoms with Crippen LogP contribution in [0.15, 0.2) is 42.5 Å². The third-order valence-electron chi connectivity index (χ3n) is 4.59. The first-order chi connectivity index (χ1) is 11.1. The number of rotatable bonds is 4. The van der Waals surface area contributed by atoms with E-state index in [2.05, 4.69) is 48.1 Å². The Kier molecular flexibility index (Phi) is 4.82. The molecular weight excluding hydrogens is 286 g/mol. The van der Waals surface area contributed by atoms with E-state index in [1.54, 1.807) is 0 Å². The first-order valence-corrected chi connectivity index (χ1v) is 8.35. The van der Waals surface area contributed by atoms with Crippen LogP contribution >= 0.6 is 0 Å². The normalized spacial score (nSPS) is 19.0. The van der Waals surface area contributed by atoms with Gasteiger partial charge in [-0.25, -0.2) is 0 Å². The van der Waals surface area contributed by atoms with Crippen LogP contribution in [0.4, 0.5) is 0 Å². The van der Waals surface area contributed by atoms with Gasteiger partial charge in [-0.15, -0.1) is 0 Å². The molecule has 1 saturated heterocycles. The summed E-state index contributed by atoms with van der Waals surface area (Å²) in [4.78, 5) is 20.2. The number of nitrogens with zero attached hydrogens (tertiary/aromatic N) is 2. The summed E-state index contributed by atoms with van der Waals surface area (Å²) in [6.07, 6.45) is 1.34. The molecule has 1 amide bonds. The summed E-state index contributed by atoms with van der Waals surface area (Å²) < 4.78 is 0. The van der Waals surface area contributed by atoms with Gasteiger partial charge in [0.15, 0.2) is 0 Å². The molecule has 0 spiro atoms. The average Bonchev–Trinajstić information content (AvgIpc) is 3.02. The van der Waals surface area contributed by atoms with E-state index in [-0.39, 0.29) is 5.91 Å². The third-order valence-corrected chi connectivity index (χ3v) is 4.59. The quantitative estimate of drug-likeness (QED) is 0.943. The van der Waals surface area contributed by atoms with Gasteiger partial charge in [-0.05, 0) is 38.1 Å². The van der Waals surface area contributed by atoms with Crippen LogP contribution in [0.2, 0.25) is 0 Å². The summed E-state index contributed by atoms with van der Waals surface area (Å²) >= 11 is 0. The fraction of sp³-hybridized carbons (Fsp3) is 0.421. The van der Waals surface area contributed by atoms with Crippen molar-refractivity contribution in [2.45, 2.75) is 25.8 Å². The van der Waals surface area contributed by atoms with Gasteiger partial charge in [0, 0.05) is 43.5 Å². The zero-order chi connectivity index (χ0) is 16.2. The van der Waals surface area contributed by atoms with Gasteiger partial charge in [-0.3, -0.25) is 4.79 Å². The van der Waals surface area contributed by atoms with E-state index in [1.165, 1.54) is 5.56 Å². The molecule has 0 unspecified atom stereocenters. The highest BCUT2D eigenvalue weighted by Crippen LogP contribution is 2.19. The zero-order valence-electron chi connectivity index (χ0n) is 14.0. The summed E-state index contributed by atoms with van der Waals surface area (Å²) in [7, 11) is 2.11. The van der Waals surface area contributed by atoms with Crippen molar-refractivity contribution in [3.63, 3.8) is 0 Å². The monoisotopic (exact) mass is 311 g/mol. The molecule has 1 fully saturated rings. The van der Waals surface area contributed by atoms with Crippen molar-refractivity contribution in [2.24, 2.45) is 0 Å². The molecule has 23 heavy (non-hydrogen) atoms. The molecule has 4 nitrogen and oxygen atoms in total. The Hall–Kier alpha value is -2.07. The molecule has 4 heteroatoms. The molecule has 0 saturated carbocycles. The Labute approximate surface area is 138 Å². The van der Waals surface area contributed by atoms with E-state index in [0.29, 0.717) is 12.5 Å². The Morgan fingerprint density at radius 3 is 2.70 bits per heavy atom. The van der Waals surface area contributed by atoms with Gasteiger partial charge in [0.05, 0.1) is 0 Å². The molecule has 1 aromatic carbocycles. The van der Waals surface area contributed by atoms with Crippen molar-refractivity contribution in [2.75, 3.05) is 26.7 Å². The molecular formula is C19H25N3O. The van der Waals surface area contributed by atoms with Crippen molar-refractivity contribution in [1.82, 2.24) is 14.8 Å². The van der Waals surface area contributed by atoms with E-state index in [9.17, 15) is 4.79 Å².